The molecule has 0 amide bonds. The number of hydrogen-bond donors (Lipinski definition) is 1. The third-order valence-corrected chi connectivity index (χ3v) is 4.53. The predicted octanol–water partition coefficient (Wildman–Crippen LogP) is 1.86. The van der Waals surface area contributed by atoms with Crippen LogP contribution in [0.2, 0.25) is 0 Å². The van der Waals surface area contributed by atoms with E-state index in [-0.39, 0.29) is 35.9 Å². The Morgan fingerprint density at radius 1 is 1.45 bits per heavy atom. The van der Waals surface area contributed by atoms with Crippen molar-refractivity contribution in [2.24, 2.45) is 16.3 Å². The van der Waals surface area contributed by atoms with Crippen LogP contribution in [0.25, 0.3) is 0 Å². The largest absolute Gasteiger partial charge is 0.469 e. The minimum Gasteiger partial charge on any atom is -0.469 e. The minimum absolute atomic E-state index is 0. The minimum atomic E-state index is -0.181. The van der Waals surface area contributed by atoms with E-state index < -0.39 is 0 Å². The molecular weight excluding hydrogens is 369 g/mol. The number of halogens is 1. The summed E-state index contributed by atoms with van der Waals surface area (Å²) >= 11 is 0. The van der Waals surface area contributed by atoms with E-state index in [2.05, 4.69) is 15.2 Å². The van der Waals surface area contributed by atoms with Crippen LogP contribution in [-0.2, 0) is 9.53 Å². The van der Waals surface area contributed by atoms with Crippen molar-refractivity contribution in [1.29, 1.82) is 0 Å². The Morgan fingerprint density at radius 2 is 2.15 bits per heavy atom. The maximum Gasteiger partial charge on any atom is 0.310 e. The fraction of sp³-hybridized carbons (Fsp3) is 0.857. The first-order valence-electron chi connectivity index (χ1n) is 7.14. The van der Waals surface area contributed by atoms with Gasteiger partial charge in [0.25, 0.3) is 0 Å². The second-order valence-corrected chi connectivity index (χ2v) is 5.88. The molecule has 1 saturated carbocycles. The molecule has 1 N–H and O–H groups in total. The summed E-state index contributed by atoms with van der Waals surface area (Å²) in [6, 6.07) is 0. The number of guanidine groups is 1. The van der Waals surface area contributed by atoms with Crippen molar-refractivity contribution < 1.29 is 9.53 Å². The molecule has 0 bridgehead atoms. The van der Waals surface area contributed by atoms with Gasteiger partial charge >= 0.3 is 5.97 Å². The fourth-order valence-corrected chi connectivity index (χ4v) is 3.06. The highest BCUT2D eigenvalue weighted by Gasteiger charge is 2.43. The molecule has 1 saturated heterocycles. The molecule has 0 aromatic heterocycles. The van der Waals surface area contributed by atoms with Gasteiger partial charge in [0.1, 0.15) is 0 Å². The topological polar surface area (TPSA) is 53.9 Å². The van der Waals surface area contributed by atoms with Gasteiger partial charge in [-0.3, -0.25) is 9.79 Å². The summed E-state index contributed by atoms with van der Waals surface area (Å²) in [5.74, 6) is 0.585. The first-order chi connectivity index (χ1) is 9.10. The Bertz CT molecular complexity index is 369. The molecule has 2 fully saturated rings. The molecule has 1 aliphatic heterocycles. The van der Waals surface area contributed by atoms with Gasteiger partial charge in [0.15, 0.2) is 5.96 Å². The molecule has 2 aliphatic rings. The monoisotopic (exact) mass is 395 g/mol. The number of hydrogen-bond acceptors (Lipinski definition) is 3. The molecule has 5 nitrogen and oxygen atoms in total. The lowest BCUT2D eigenvalue weighted by Gasteiger charge is -2.38. The summed E-state index contributed by atoms with van der Waals surface area (Å²) in [6.07, 6.45) is 5.37. The molecule has 116 valence electrons. The number of nitrogens with zero attached hydrogens (tertiary/aromatic N) is 2. The average molecular weight is 395 g/mol. The lowest BCUT2D eigenvalue weighted by Crippen LogP contribution is -2.44. The van der Waals surface area contributed by atoms with Crippen molar-refractivity contribution in [3.8, 4) is 0 Å². The summed E-state index contributed by atoms with van der Waals surface area (Å²) in [5.41, 5.74) is 0.561. The SMILES string of the molecule is CN=C(NCC(C)C(=O)OC)N1CCC2(CCC2)C1.I. The van der Waals surface area contributed by atoms with Gasteiger partial charge < -0.3 is 15.0 Å². The number of likely N-dealkylation sites (tertiary alicyclic amines) is 1. The van der Waals surface area contributed by atoms with Crippen molar-refractivity contribution in [2.75, 3.05) is 33.8 Å². The number of carbonyl (C=O) groups is 1. The van der Waals surface area contributed by atoms with E-state index in [1.165, 1.54) is 32.8 Å². The van der Waals surface area contributed by atoms with E-state index in [4.69, 9.17) is 4.74 Å². The van der Waals surface area contributed by atoms with Crippen molar-refractivity contribution in [3.63, 3.8) is 0 Å². The molecule has 0 aromatic carbocycles. The summed E-state index contributed by atoms with van der Waals surface area (Å²) in [7, 11) is 3.23. The number of rotatable bonds is 3. The lowest BCUT2D eigenvalue weighted by atomic mass is 9.68. The van der Waals surface area contributed by atoms with Gasteiger partial charge in [-0.2, -0.15) is 0 Å². The fourth-order valence-electron chi connectivity index (χ4n) is 3.06. The van der Waals surface area contributed by atoms with Crippen molar-refractivity contribution in [2.45, 2.75) is 32.6 Å². The van der Waals surface area contributed by atoms with Gasteiger partial charge in [-0.15, -0.1) is 24.0 Å². The molecule has 1 unspecified atom stereocenters. The normalized spacial score (nSPS) is 21.9. The highest BCUT2D eigenvalue weighted by molar-refractivity contribution is 14.0. The van der Waals surface area contributed by atoms with Gasteiger partial charge in [0.05, 0.1) is 13.0 Å². The Labute approximate surface area is 138 Å². The molecule has 2 rings (SSSR count). The highest BCUT2D eigenvalue weighted by Crippen LogP contribution is 2.47. The van der Waals surface area contributed by atoms with Gasteiger partial charge in [-0.05, 0) is 24.7 Å². The van der Waals surface area contributed by atoms with Gasteiger partial charge in [0, 0.05) is 26.7 Å². The van der Waals surface area contributed by atoms with E-state index >= 15 is 0 Å². The van der Waals surface area contributed by atoms with Crippen LogP contribution in [0.3, 0.4) is 0 Å². The third kappa shape index (κ3) is 3.77. The van der Waals surface area contributed by atoms with E-state index in [1.54, 1.807) is 7.05 Å². The molecule has 1 aliphatic carbocycles. The zero-order valence-electron chi connectivity index (χ0n) is 12.6. The van der Waals surface area contributed by atoms with E-state index in [1.807, 2.05) is 6.92 Å². The van der Waals surface area contributed by atoms with Crippen LogP contribution in [0.15, 0.2) is 4.99 Å². The smallest absolute Gasteiger partial charge is 0.310 e. The first kappa shape index (κ1) is 17.5. The van der Waals surface area contributed by atoms with Crippen LogP contribution in [0.4, 0.5) is 0 Å². The summed E-state index contributed by atoms with van der Waals surface area (Å²) < 4.78 is 4.73. The van der Waals surface area contributed by atoms with Crippen LogP contribution >= 0.6 is 24.0 Å². The number of nitrogens with one attached hydrogen (secondary N) is 1. The average Bonchev–Trinajstić information content (AvgIpc) is 2.83. The summed E-state index contributed by atoms with van der Waals surface area (Å²) in [5, 5.41) is 3.29. The number of carbonyl (C=O) groups excluding carboxylic acids is 1. The number of methoxy groups -OCH3 is 1. The number of aliphatic imine (C=N–C) groups is 1. The first-order valence-corrected chi connectivity index (χ1v) is 7.14. The van der Waals surface area contributed by atoms with Crippen molar-refractivity contribution in [1.82, 2.24) is 10.2 Å². The number of esters is 1. The molecule has 1 heterocycles. The lowest BCUT2D eigenvalue weighted by molar-refractivity contribution is -0.144. The van der Waals surface area contributed by atoms with E-state index in [0.29, 0.717) is 12.0 Å². The Morgan fingerprint density at radius 3 is 2.60 bits per heavy atom. The third-order valence-electron chi connectivity index (χ3n) is 4.53. The van der Waals surface area contributed by atoms with Crippen LogP contribution in [0.5, 0.6) is 0 Å². The van der Waals surface area contributed by atoms with Crippen LogP contribution in [0, 0.1) is 11.3 Å². The standard InChI is InChI=1S/C14H25N3O2.HI/c1-11(12(18)19-3)9-16-13(15-2)17-8-7-14(10-17)5-4-6-14;/h11H,4-10H2,1-3H3,(H,15,16);1H. The molecule has 0 aromatic rings. The van der Waals surface area contributed by atoms with Crippen LogP contribution < -0.4 is 5.32 Å². The molecule has 1 spiro atoms. The maximum absolute atomic E-state index is 11.4. The van der Waals surface area contributed by atoms with Crippen LogP contribution in [-0.4, -0.2) is 50.6 Å². The van der Waals surface area contributed by atoms with Crippen molar-refractivity contribution in [3.05, 3.63) is 0 Å². The second kappa shape index (κ2) is 7.47. The maximum atomic E-state index is 11.4. The number of ether oxygens (including phenoxy) is 1. The molecular formula is C14H26IN3O2. The van der Waals surface area contributed by atoms with Gasteiger partial charge in [0.2, 0.25) is 0 Å². The molecule has 6 heteroatoms. The Kier molecular flexibility index (Phi) is 6.54. The van der Waals surface area contributed by atoms with Gasteiger partial charge in [-0.25, -0.2) is 0 Å². The van der Waals surface area contributed by atoms with E-state index in [9.17, 15) is 4.79 Å². The second-order valence-electron chi connectivity index (χ2n) is 5.88. The molecule has 20 heavy (non-hydrogen) atoms. The van der Waals surface area contributed by atoms with Crippen molar-refractivity contribution >= 4 is 35.9 Å². The zero-order chi connectivity index (χ0) is 13.9. The highest BCUT2D eigenvalue weighted by atomic mass is 127. The summed E-state index contributed by atoms with van der Waals surface area (Å²) in [6.45, 7) is 4.62. The Hall–Kier alpha value is -0.530. The van der Waals surface area contributed by atoms with E-state index in [0.717, 1.165) is 19.0 Å². The quantitative estimate of drug-likeness (QED) is 0.343. The Balaban J connectivity index is 0.00000200. The van der Waals surface area contributed by atoms with Crippen LogP contribution in [0.1, 0.15) is 32.6 Å². The molecule has 1 atom stereocenters. The van der Waals surface area contributed by atoms with Gasteiger partial charge in [-0.1, -0.05) is 13.3 Å². The summed E-state index contributed by atoms with van der Waals surface area (Å²) in [4.78, 5) is 18.0. The predicted molar refractivity (Wildman–Crippen MR) is 90.4 cm³/mol. The zero-order valence-corrected chi connectivity index (χ0v) is 15.0. The molecule has 0 radical (unpaired) electrons.